The van der Waals surface area contributed by atoms with Gasteiger partial charge >= 0.3 is 0 Å². The van der Waals surface area contributed by atoms with Gasteiger partial charge in [0.15, 0.2) is 0 Å². The van der Waals surface area contributed by atoms with Crippen molar-refractivity contribution in [3.05, 3.63) is 28.9 Å². The van der Waals surface area contributed by atoms with Crippen LogP contribution in [0.25, 0.3) is 10.4 Å². The lowest BCUT2D eigenvalue weighted by atomic mass is 9.95. The molecule has 0 saturated heterocycles. The Balaban J connectivity index is 2.01. The normalized spacial score (nSPS) is 19.3. The molecule has 17 heavy (non-hydrogen) atoms. The van der Waals surface area contributed by atoms with E-state index in [0.717, 1.165) is 0 Å². The highest BCUT2D eigenvalue weighted by atomic mass is 32.1. The fourth-order valence-corrected chi connectivity index (χ4v) is 3.86. The number of hydrogen-bond acceptors (Lipinski definition) is 3. The molecule has 0 aliphatic heterocycles. The molecule has 0 saturated carbocycles. The molecule has 0 bridgehead atoms. The van der Waals surface area contributed by atoms with E-state index in [0.29, 0.717) is 6.04 Å². The summed E-state index contributed by atoms with van der Waals surface area (Å²) in [6.07, 6.45) is 7.82. The van der Waals surface area contributed by atoms with E-state index in [9.17, 15) is 0 Å². The predicted octanol–water partition coefficient (Wildman–Crippen LogP) is 2.75. The summed E-state index contributed by atoms with van der Waals surface area (Å²) in [5.74, 6) is 0. The van der Waals surface area contributed by atoms with Crippen molar-refractivity contribution in [2.45, 2.75) is 25.3 Å². The van der Waals surface area contributed by atoms with Crippen LogP contribution >= 0.6 is 11.3 Å². The van der Waals surface area contributed by atoms with E-state index < -0.39 is 0 Å². The van der Waals surface area contributed by atoms with E-state index in [-0.39, 0.29) is 0 Å². The van der Waals surface area contributed by atoms with E-state index in [1.54, 1.807) is 0 Å². The molecule has 4 heteroatoms. The second-order valence-electron chi connectivity index (χ2n) is 4.64. The van der Waals surface area contributed by atoms with Crippen molar-refractivity contribution in [2.24, 2.45) is 7.05 Å². The lowest BCUT2D eigenvalue weighted by Crippen LogP contribution is -2.19. The molecule has 1 unspecified atom stereocenters. The van der Waals surface area contributed by atoms with Crippen LogP contribution < -0.4 is 5.32 Å². The summed E-state index contributed by atoms with van der Waals surface area (Å²) in [7, 11) is 4.02. The molecule has 2 aromatic rings. The maximum Gasteiger partial charge on any atom is 0.0576 e. The van der Waals surface area contributed by atoms with Gasteiger partial charge < -0.3 is 5.32 Å². The van der Waals surface area contributed by atoms with Gasteiger partial charge in [0.2, 0.25) is 0 Å². The molecule has 0 fully saturated rings. The van der Waals surface area contributed by atoms with Crippen LogP contribution in [-0.4, -0.2) is 16.8 Å². The molecular formula is C13H17N3S. The van der Waals surface area contributed by atoms with Gasteiger partial charge in [-0.25, -0.2) is 0 Å². The molecule has 0 amide bonds. The summed E-state index contributed by atoms with van der Waals surface area (Å²) in [4.78, 5) is 2.88. The second-order valence-corrected chi connectivity index (χ2v) is 5.72. The van der Waals surface area contributed by atoms with Gasteiger partial charge in [-0.05, 0) is 37.9 Å². The molecule has 1 aliphatic rings. The summed E-state index contributed by atoms with van der Waals surface area (Å²) in [6, 6.07) is 2.90. The van der Waals surface area contributed by atoms with Crippen molar-refractivity contribution < 1.29 is 0 Å². The minimum absolute atomic E-state index is 0.550. The first kappa shape index (κ1) is 11.0. The van der Waals surface area contributed by atoms with Gasteiger partial charge in [-0.15, -0.1) is 11.3 Å². The van der Waals surface area contributed by atoms with Crippen molar-refractivity contribution in [1.29, 1.82) is 0 Å². The van der Waals surface area contributed by atoms with E-state index >= 15 is 0 Å². The highest BCUT2D eigenvalue weighted by molar-refractivity contribution is 7.15. The number of fused-ring (bicyclic) bond motifs is 1. The number of aryl methyl sites for hydroxylation is 2. The fraction of sp³-hybridized carbons (Fsp3) is 0.462. The average molecular weight is 247 g/mol. The molecule has 0 spiro atoms. The Labute approximate surface area is 105 Å². The predicted molar refractivity (Wildman–Crippen MR) is 71.3 cm³/mol. The van der Waals surface area contributed by atoms with Crippen LogP contribution in [0.1, 0.15) is 29.3 Å². The zero-order chi connectivity index (χ0) is 11.8. The Kier molecular flexibility index (Phi) is 2.76. The van der Waals surface area contributed by atoms with Gasteiger partial charge in [-0.1, -0.05) is 0 Å². The number of thiophene rings is 1. The van der Waals surface area contributed by atoms with Gasteiger partial charge in [0.25, 0.3) is 0 Å². The smallest absolute Gasteiger partial charge is 0.0576 e. The van der Waals surface area contributed by atoms with Gasteiger partial charge in [-0.2, -0.15) is 5.10 Å². The minimum Gasteiger partial charge on any atom is -0.312 e. The second kappa shape index (κ2) is 4.27. The molecule has 3 rings (SSSR count). The summed E-state index contributed by atoms with van der Waals surface area (Å²) in [6.45, 7) is 0. The molecule has 3 nitrogen and oxygen atoms in total. The quantitative estimate of drug-likeness (QED) is 0.884. The highest BCUT2D eigenvalue weighted by Crippen LogP contribution is 2.39. The Hall–Kier alpha value is -1.13. The van der Waals surface area contributed by atoms with Crippen LogP contribution in [0.15, 0.2) is 18.5 Å². The molecule has 0 aromatic carbocycles. The standard InChI is InChI=1S/C13H17N3S/c1-14-11-5-3-4-9-6-12(17-13(9)11)10-7-15-16(2)8-10/h6-8,11,14H,3-5H2,1-2H3. The zero-order valence-corrected chi connectivity index (χ0v) is 11.0. The van der Waals surface area contributed by atoms with Crippen molar-refractivity contribution >= 4 is 11.3 Å². The third-order valence-corrected chi connectivity index (χ3v) is 4.78. The summed E-state index contributed by atoms with van der Waals surface area (Å²) < 4.78 is 1.86. The van der Waals surface area contributed by atoms with E-state index in [4.69, 9.17) is 0 Å². The topological polar surface area (TPSA) is 29.9 Å². The Morgan fingerprint density at radius 1 is 1.53 bits per heavy atom. The van der Waals surface area contributed by atoms with Crippen molar-refractivity contribution in [2.75, 3.05) is 7.05 Å². The maximum absolute atomic E-state index is 4.25. The van der Waals surface area contributed by atoms with Crippen LogP contribution in [0.3, 0.4) is 0 Å². The zero-order valence-electron chi connectivity index (χ0n) is 10.2. The minimum atomic E-state index is 0.550. The van der Waals surface area contributed by atoms with Gasteiger partial charge in [0.05, 0.1) is 6.20 Å². The largest absolute Gasteiger partial charge is 0.312 e. The molecule has 1 N–H and O–H groups in total. The average Bonchev–Trinajstić information content (AvgIpc) is 2.93. The summed E-state index contributed by atoms with van der Waals surface area (Å²) in [5, 5.41) is 7.67. The molecule has 2 aromatic heterocycles. The number of nitrogens with zero attached hydrogens (tertiary/aromatic N) is 2. The SMILES string of the molecule is CNC1CCCc2cc(-c3cnn(C)c3)sc21. The van der Waals surface area contributed by atoms with Crippen molar-refractivity contribution in [3.8, 4) is 10.4 Å². The van der Waals surface area contributed by atoms with Crippen LogP contribution in [0, 0.1) is 0 Å². The summed E-state index contributed by atoms with van der Waals surface area (Å²) >= 11 is 1.92. The number of hydrogen-bond donors (Lipinski definition) is 1. The van der Waals surface area contributed by atoms with Crippen molar-refractivity contribution in [3.63, 3.8) is 0 Å². The fourth-order valence-electron chi connectivity index (χ4n) is 2.53. The van der Waals surface area contributed by atoms with Crippen LogP contribution in [0.2, 0.25) is 0 Å². The molecule has 0 radical (unpaired) electrons. The van der Waals surface area contributed by atoms with Gasteiger partial charge in [-0.3, -0.25) is 4.68 Å². The van der Waals surface area contributed by atoms with E-state index in [1.807, 2.05) is 29.3 Å². The molecular weight excluding hydrogens is 230 g/mol. The first-order chi connectivity index (χ1) is 8.28. The first-order valence-electron chi connectivity index (χ1n) is 6.07. The molecule has 90 valence electrons. The van der Waals surface area contributed by atoms with Gasteiger partial charge in [0.1, 0.15) is 0 Å². The van der Waals surface area contributed by atoms with E-state index in [2.05, 4.69) is 29.7 Å². The third kappa shape index (κ3) is 1.91. The monoisotopic (exact) mass is 247 g/mol. The molecule has 1 atom stereocenters. The third-order valence-electron chi connectivity index (χ3n) is 3.43. The Morgan fingerprint density at radius 2 is 2.41 bits per heavy atom. The number of nitrogens with one attached hydrogen (secondary N) is 1. The Morgan fingerprint density at radius 3 is 3.12 bits per heavy atom. The number of rotatable bonds is 2. The Bertz CT molecular complexity index is 527. The lowest BCUT2D eigenvalue weighted by molar-refractivity contribution is 0.506. The first-order valence-corrected chi connectivity index (χ1v) is 6.88. The van der Waals surface area contributed by atoms with Crippen LogP contribution in [0.4, 0.5) is 0 Å². The van der Waals surface area contributed by atoms with Crippen LogP contribution in [0.5, 0.6) is 0 Å². The maximum atomic E-state index is 4.25. The van der Waals surface area contributed by atoms with E-state index in [1.165, 1.54) is 40.1 Å². The highest BCUT2D eigenvalue weighted by Gasteiger charge is 2.22. The van der Waals surface area contributed by atoms with Crippen molar-refractivity contribution in [1.82, 2.24) is 15.1 Å². The molecule has 2 heterocycles. The molecule has 1 aliphatic carbocycles. The van der Waals surface area contributed by atoms with Gasteiger partial charge in [0, 0.05) is 34.6 Å². The van der Waals surface area contributed by atoms with Crippen LogP contribution in [-0.2, 0) is 13.5 Å². The summed E-state index contributed by atoms with van der Waals surface area (Å²) in [5.41, 5.74) is 2.77. The number of aromatic nitrogens is 2. The lowest BCUT2D eigenvalue weighted by Gasteiger charge is -2.21.